The first-order chi connectivity index (χ1) is 22.5. The van der Waals surface area contributed by atoms with Gasteiger partial charge in [0.15, 0.2) is 8.32 Å². The molecule has 0 aliphatic heterocycles. The highest BCUT2D eigenvalue weighted by atomic mass is 28.4. The Morgan fingerprint density at radius 1 is 0.729 bits per heavy atom. The van der Waals surface area contributed by atoms with E-state index in [-0.39, 0.29) is 12.1 Å². The predicted octanol–water partition coefficient (Wildman–Crippen LogP) is 11.6. The lowest BCUT2D eigenvalue weighted by molar-refractivity contribution is -0.135. The molecule has 0 spiro atoms. The zero-order chi connectivity index (χ0) is 36.2. The van der Waals surface area contributed by atoms with Crippen LogP contribution in [0.3, 0.4) is 0 Å². The van der Waals surface area contributed by atoms with E-state index in [0.717, 1.165) is 82.1 Å². The van der Waals surface area contributed by atoms with Gasteiger partial charge in [0.1, 0.15) is 13.2 Å². The van der Waals surface area contributed by atoms with Gasteiger partial charge < -0.3 is 18.5 Å². The molecule has 1 aliphatic carbocycles. The second kappa shape index (κ2) is 23.3. The lowest BCUT2D eigenvalue weighted by Gasteiger charge is -2.30. The third-order valence-electron chi connectivity index (χ3n) is 8.52. The maximum absolute atomic E-state index is 12.4. The number of carbonyl (C=O) groups excluding carboxylic acids is 1. The van der Waals surface area contributed by atoms with Crippen LogP contribution in [-0.4, -0.2) is 61.4 Å². The highest BCUT2D eigenvalue weighted by Crippen LogP contribution is 2.47. The van der Waals surface area contributed by atoms with Crippen molar-refractivity contribution < 1.29 is 23.3 Å². The summed E-state index contributed by atoms with van der Waals surface area (Å²) in [6.07, 6.45) is 18.5. The van der Waals surface area contributed by atoms with E-state index in [1.165, 1.54) is 18.9 Å². The smallest absolute Gasteiger partial charge is 0.292 e. The number of unbranched alkanes of at least 4 members (excludes halogenated alkanes) is 5. The van der Waals surface area contributed by atoms with Crippen LogP contribution in [0.2, 0.25) is 65.0 Å². The van der Waals surface area contributed by atoms with E-state index in [1.807, 2.05) is 0 Å². The van der Waals surface area contributed by atoms with Crippen molar-refractivity contribution in [3.63, 3.8) is 0 Å². The molecule has 10 heteroatoms. The van der Waals surface area contributed by atoms with Crippen molar-refractivity contribution in [1.82, 2.24) is 0 Å². The van der Waals surface area contributed by atoms with Gasteiger partial charge in [0.2, 0.25) is 8.32 Å². The molecule has 0 bridgehead atoms. The standard InChI is InChI=1S/C38H76N2O5Si3/c1-13-16-19-22-33(39-42-27-17-14-2)25-26-35-32(31-46(4,5)6)29-37(44-47(7,8)9)36(35)30-34(40-43-28-18-15-3)23-20-21-24-38(41)45-48(10,11)12/h25-26,32,35-37H,13-24,27-31H2,1-12H3/b26-25+,39-33-,40-34+/t32-,35+,36-,37-/m0/s1. The van der Waals surface area contributed by atoms with Gasteiger partial charge in [0.25, 0.3) is 5.97 Å². The molecule has 0 N–H and O–H groups in total. The summed E-state index contributed by atoms with van der Waals surface area (Å²) in [6, 6.07) is 1.28. The molecule has 1 rings (SSSR count). The summed E-state index contributed by atoms with van der Waals surface area (Å²) in [5, 5.41) is 9.41. The van der Waals surface area contributed by atoms with Gasteiger partial charge in [0.05, 0.1) is 11.4 Å². The maximum Gasteiger partial charge on any atom is 0.292 e. The highest BCUT2D eigenvalue weighted by Gasteiger charge is 2.45. The van der Waals surface area contributed by atoms with Gasteiger partial charge >= 0.3 is 0 Å². The van der Waals surface area contributed by atoms with Crippen LogP contribution in [0.15, 0.2) is 22.5 Å². The molecule has 4 atom stereocenters. The molecular weight excluding hydrogens is 649 g/mol. The van der Waals surface area contributed by atoms with Crippen LogP contribution in [0.1, 0.15) is 111 Å². The first-order valence-corrected chi connectivity index (χ1v) is 29.9. The number of allylic oxidation sites excluding steroid dienone is 2. The van der Waals surface area contributed by atoms with Gasteiger partial charge in [-0.25, -0.2) is 0 Å². The molecule has 280 valence electrons. The summed E-state index contributed by atoms with van der Waals surface area (Å²) in [4.78, 5) is 24.1. The molecule has 7 nitrogen and oxygen atoms in total. The first-order valence-electron chi connectivity index (χ1n) is 19.4. The number of rotatable bonds is 26. The fraction of sp³-hybridized carbons (Fsp3) is 0.868. The Bertz CT molecular complexity index is 982. The summed E-state index contributed by atoms with van der Waals surface area (Å²) < 4.78 is 12.7. The van der Waals surface area contributed by atoms with Crippen LogP contribution in [0.25, 0.3) is 0 Å². The fourth-order valence-electron chi connectivity index (χ4n) is 6.46. The predicted molar refractivity (Wildman–Crippen MR) is 214 cm³/mol. The Labute approximate surface area is 299 Å². The number of hydrogen-bond acceptors (Lipinski definition) is 7. The van der Waals surface area contributed by atoms with Gasteiger partial charge in [-0.15, -0.1) is 0 Å². The minimum atomic E-state index is -1.87. The number of hydrogen-bond donors (Lipinski definition) is 0. The maximum atomic E-state index is 12.4. The molecule has 0 amide bonds. The van der Waals surface area contributed by atoms with Crippen molar-refractivity contribution in [2.75, 3.05) is 13.2 Å². The van der Waals surface area contributed by atoms with Crippen molar-refractivity contribution in [3.05, 3.63) is 12.2 Å². The highest BCUT2D eigenvalue weighted by molar-refractivity contribution is 6.76. The summed E-state index contributed by atoms with van der Waals surface area (Å²) in [5.41, 5.74) is 2.16. The van der Waals surface area contributed by atoms with Crippen LogP contribution in [0, 0.1) is 17.8 Å². The lowest BCUT2D eigenvalue weighted by Crippen LogP contribution is -2.35. The summed E-state index contributed by atoms with van der Waals surface area (Å²) >= 11 is 0. The van der Waals surface area contributed by atoms with Crippen molar-refractivity contribution in [1.29, 1.82) is 0 Å². The van der Waals surface area contributed by atoms with Gasteiger partial charge in [-0.3, -0.25) is 4.79 Å². The van der Waals surface area contributed by atoms with E-state index < -0.39 is 24.7 Å². The Morgan fingerprint density at radius 2 is 1.31 bits per heavy atom. The molecular formula is C38H76N2O5Si3. The molecule has 1 fully saturated rings. The summed E-state index contributed by atoms with van der Waals surface area (Å²) in [7, 11) is -5.02. The van der Waals surface area contributed by atoms with Crippen molar-refractivity contribution in [2.24, 2.45) is 28.1 Å². The largest absolute Gasteiger partial charge is 0.520 e. The van der Waals surface area contributed by atoms with E-state index in [1.54, 1.807) is 0 Å². The Morgan fingerprint density at radius 3 is 1.88 bits per heavy atom. The van der Waals surface area contributed by atoms with Crippen LogP contribution in [0.5, 0.6) is 0 Å². The number of nitrogens with zero attached hydrogens (tertiary/aromatic N) is 2. The van der Waals surface area contributed by atoms with Gasteiger partial charge in [0, 0.05) is 20.6 Å². The van der Waals surface area contributed by atoms with Crippen LogP contribution in [0.4, 0.5) is 0 Å². The van der Waals surface area contributed by atoms with E-state index in [9.17, 15) is 4.79 Å². The summed E-state index contributed by atoms with van der Waals surface area (Å²) in [5.74, 6) is 1.19. The van der Waals surface area contributed by atoms with Crippen LogP contribution >= 0.6 is 0 Å². The molecule has 1 saturated carbocycles. The monoisotopic (exact) mass is 725 g/mol. The Kier molecular flexibility index (Phi) is 21.7. The quantitative estimate of drug-likeness (QED) is 0.0384. The number of oxime groups is 2. The van der Waals surface area contributed by atoms with Crippen LogP contribution in [-0.2, 0) is 23.3 Å². The zero-order valence-electron chi connectivity index (χ0n) is 33.4. The summed E-state index contributed by atoms with van der Waals surface area (Å²) in [6.45, 7) is 28.5. The zero-order valence-corrected chi connectivity index (χ0v) is 36.4. The Hall–Kier alpha value is -1.24. The number of carbonyl (C=O) groups is 1. The second-order valence-electron chi connectivity index (χ2n) is 17.2. The fourth-order valence-corrected chi connectivity index (χ4v) is 10.4. The van der Waals surface area contributed by atoms with Gasteiger partial charge in [-0.05, 0) is 121 Å². The Balaban J connectivity index is 3.41. The lowest BCUT2D eigenvalue weighted by atomic mass is 9.84. The topological polar surface area (TPSA) is 78.7 Å². The van der Waals surface area contributed by atoms with Gasteiger partial charge in [-0.2, -0.15) is 0 Å². The molecule has 0 aromatic rings. The molecule has 0 unspecified atom stereocenters. The third kappa shape index (κ3) is 21.8. The van der Waals surface area contributed by atoms with Crippen molar-refractivity contribution in [3.8, 4) is 0 Å². The molecule has 0 aromatic carbocycles. The molecule has 48 heavy (non-hydrogen) atoms. The normalized spacial score (nSPS) is 21.2. The van der Waals surface area contributed by atoms with E-state index in [4.69, 9.17) is 23.7 Å². The minimum Gasteiger partial charge on any atom is -0.520 e. The van der Waals surface area contributed by atoms with E-state index in [2.05, 4.69) is 97.0 Å². The van der Waals surface area contributed by atoms with Gasteiger partial charge in [-0.1, -0.05) is 88.5 Å². The van der Waals surface area contributed by atoms with E-state index >= 15 is 0 Å². The molecule has 0 aromatic heterocycles. The first kappa shape index (κ1) is 44.8. The SMILES string of the molecule is CCCCCC(/C=C/[C@@H]1[C@H](C[Si](C)(C)C)C[C@H](O[Si](C)(C)C)[C@H]1C/C(CCCCC(=O)O[Si](C)(C)C)=N/OCCCC)=N/OCCCC. The van der Waals surface area contributed by atoms with Crippen molar-refractivity contribution in [2.45, 2.75) is 182 Å². The molecule has 0 heterocycles. The molecule has 0 radical (unpaired) electrons. The average molecular weight is 725 g/mol. The molecule has 0 saturated heterocycles. The van der Waals surface area contributed by atoms with Crippen molar-refractivity contribution >= 4 is 42.1 Å². The second-order valence-corrected chi connectivity index (χ2v) is 31.6. The van der Waals surface area contributed by atoms with Crippen LogP contribution < -0.4 is 0 Å². The average Bonchev–Trinajstić information content (AvgIpc) is 3.24. The minimum absolute atomic E-state index is 0.0688. The third-order valence-corrected chi connectivity index (χ3v) is 12.1. The van der Waals surface area contributed by atoms with E-state index in [0.29, 0.717) is 37.4 Å². The molecule has 1 aliphatic rings.